The van der Waals surface area contributed by atoms with Gasteiger partial charge in [-0.25, -0.2) is 9.97 Å². The molecule has 0 unspecified atom stereocenters. The fourth-order valence-corrected chi connectivity index (χ4v) is 8.77. The molecule has 5 amide bonds. The first kappa shape index (κ1) is 47.0. The fraction of sp³-hybridized carbons (Fsp3) is 0.333. The number of anilines is 2. The number of hydrogen-bond acceptors (Lipinski definition) is 12. The van der Waals surface area contributed by atoms with E-state index >= 15 is 0 Å². The van der Waals surface area contributed by atoms with E-state index in [9.17, 15) is 24.0 Å². The summed E-state index contributed by atoms with van der Waals surface area (Å²) in [4.78, 5) is 76.6. The number of aromatic amines is 1. The number of amides is 5. The second kappa shape index (κ2) is 21.9. The molecule has 19 heteroatoms. The van der Waals surface area contributed by atoms with Gasteiger partial charge < -0.3 is 50.4 Å². The summed E-state index contributed by atoms with van der Waals surface area (Å²) in [7, 11) is 1.63. The van der Waals surface area contributed by atoms with Crippen molar-refractivity contribution in [3.8, 4) is 17.6 Å². The SMILES string of the molecule is CN1C(=O)[C@@H](NC(=O)c2n[nH]c(Cc3ccc(C#CC(=O)NCCOCCNC(=O)Cn4ccc5cc(C(=O)NCCc6ccc(N7C[C@H]8CC[C@@H](C7)N8)cc6)cnc54)cc3)n2)COc2ccccc21. The third kappa shape index (κ3) is 11.8. The second-order valence-electron chi connectivity index (χ2n) is 17.4. The fourth-order valence-electron chi connectivity index (χ4n) is 8.77. The molecule has 2 bridgehead atoms. The monoisotopic (exact) mass is 946 g/mol. The third-order valence-electron chi connectivity index (χ3n) is 12.4. The van der Waals surface area contributed by atoms with Crippen LogP contribution in [0.25, 0.3) is 11.0 Å². The van der Waals surface area contributed by atoms with Gasteiger partial charge in [0.25, 0.3) is 23.6 Å². The van der Waals surface area contributed by atoms with Crippen molar-refractivity contribution < 1.29 is 33.4 Å². The summed E-state index contributed by atoms with van der Waals surface area (Å²) >= 11 is 0. The molecule has 3 aromatic heterocycles. The van der Waals surface area contributed by atoms with Crippen molar-refractivity contribution in [3.05, 3.63) is 131 Å². The number of nitrogens with one attached hydrogen (secondary N) is 6. The van der Waals surface area contributed by atoms with Gasteiger partial charge in [-0.2, -0.15) is 0 Å². The van der Waals surface area contributed by atoms with E-state index in [0.717, 1.165) is 30.5 Å². The molecule has 6 aromatic rings. The molecular formula is C51H54N12O7. The van der Waals surface area contributed by atoms with Gasteiger partial charge in [-0.1, -0.05) is 42.3 Å². The average molecular weight is 947 g/mol. The lowest BCUT2D eigenvalue weighted by Crippen LogP contribution is -2.51. The standard InChI is InChI=1S/C51H54N12O7/c1-61-42-4-2-3-5-43(42)70-32-41(51(61)68)57-50(67)47-58-44(59-60-47)26-35-8-6-33(7-9-35)12-17-45(64)52-21-24-69-25-22-53-46(65)31-62-23-19-36-27-37(28-55-48(36)62)49(66)54-20-18-34-10-15-40(16-11-34)63-29-38-13-14-39(30-63)56-38/h2-11,15-16,19,23,27-28,38-39,41,56H,13-14,18,20-22,24-26,29-32H2,1H3,(H,52,64)(H,53,65)(H,54,66)(H,57,67)(H,58,59,60)/t38-,39+,41-/m0/s1. The highest BCUT2D eigenvalue weighted by Gasteiger charge is 2.33. The number of carbonyl (C=O) groups excluding carboxylic acids is 5. The summed E-state index contributed by atoms with van der Waals surface area (Å²) in [6, 6.07) is 26.9. The Balaban J connectivity index is 0.627. The van der Waals surface area contributed by atoms with Gasteiger partial charge in [0.2, 0.25) is 11.7 Å². The number of benzene rings is 3. The number of rotatable bonds is 17. The molecule has 0 spiro atoms. The molecule has 70 heavy (non-hydrogen) atoms. The zero-order valence-corrected chi connectivity index (χ0v) is 38.7. The molecule has 3 aromatic carbocycles. The van der Waals surface area contributed by atoms with E-state index in [0.29, 0.717) is 59.1 Å². The number of pyridine rings is 1. The average Bonchev–Trinajstić information content (AvgIpc) is 4.10. The van der Waals surface area contributed by atoms with Gasteiger partial charge in [0.1, 0.15) is 36.4 Å². The highest BCUT2D eigenvalue weighted by atomic mass is 16.5. The number of likely N-dealkylation sites (N-methyl/N-ethyl adjacent to an activating group) is 1. The van der Waals surface area contributed by atoms with E-state index in [1.165, 1.54) is 35.2 Å². The topological polar surface area (TPSA) is 230 Å². The van der Waals surface area contributed by atoms with Crippen LogP contribution >= 0.6 is 0 Å². The quantitative estimate of drug-likeness (QED) is 0.0571. The number of ether oxygens (including phenoxy) is 2. The molecule has 6 heterocycles. The van der Waals surface area contributed by atoms with Gasteiger partial charge in [0, 0.05) is 93.2 Å². The van der Waals surface area contributed by atoms with Gasteiger partial charge in [-0.3, -0.25) is 29.1 Å². The van der Waals surface area contributed by atoms with Crippen molar-refractivity contribution in [1.82, 2.24) is 51.3 Å². The van der Waals surface area contributed by atoms with Crippen LogP contribution in [0.1, 0.15) is 56.3 Å². The maximum Gasteiger partial charge on any atom is 0.296 e. The molecular weight excluding hydrogens is 893 g/mol. The van der Waals surface area contributed by atoms with Crippen molar-refractivity contribution >= 4 is 51.9 Å². The Morgan fingerprint density at radius 2 is 1.63 bits per heavy atom. The van der Waals surface area contributed by atoms with Crippen LogP contribution in [0.2, 0.25) is 0 Å². The van der Waals surface area contributed by atoms with Crippen LogP contribution in [0.15, 0.2) is 97.3 Å². The van der Waals surface area contributed by atoms with Crippen molar-refractivity contribution in [1.29, 1.82) is 0 Å². The number of hydrogen-bond donors (Lipinski definition) is 6. The van der Waals surface area contributed by atoms with Crippen molar-refractivity contribution in [2.45, 2.75) is 50.4 Å². The molecule has 3 aliphatic rings. The second-order valence-corrected chi connectivity index (χ2v) is 17.4. The van der Waals surface area contributed by atoms with Crippen LogP contribution in [0.5, 0.6) is 5.75 Å². The zero-order chi connectivity index (χ0) is 48.4. The Hall–Kier alpha value is -8.08. The summed E-state index contributed by atoms with van der Waals surface area (Å²) in [6.45, 7) is 3.61. The predicted molar refractivity (Wildman–Crippen MR) is 260 cm³/mol. The maximum atomic E-state index is 13.0. The van der Waals surface area contributed by atoms with Gasteiger partial charge in [-0.15, -0.1) is 5.10 Å². The van der Waals surface area contributed by atoms with E-state index < -0.39 is 17.9 Å². The van der Waals surface area contributed by atoms with Crippen LogP contribution in [-0.4, -0.2) is 132 Å². The zero-order valence-electron chi connectivity index (χ0n) is 38.7. The molecule has 2 fully saturated rings. The Labute approximate surface area is 404 Å². The normalized spacial score (nSPS) is 17.2. The molecule has 3 aliphatic heterocycles. The smallest absolute Gasteiger partial charge is 0.296 e. The van der Waals surface area contributed by atoms with Crippen molar-refractivity contribution in [3.63, 3.8) is 0 Å². The molecule has 0 radical (unpaired) electrons. The van der Waals surface area contributed by atoms with E-state index in [-0.39, 0.29) is 63.0 Å². The Kier molecular flexibility index (Phi) is 14.7. The molecule has 360 valence electrons. The number of H-pyrrole nitrogens is 1. The first-order valence-corrected chi connectivity index (χ1v) is 23.4. The van der Waals surface area contributed by atoms with E-state index in [4.69, 9.17) is 9.47 Å². The third-order valence-corrected chi connectivity index (χ3v) is 12.4. The Morgan fingerprint density at radius 1 is 0.871 bits per heavy atom. The molecule has 6 N–H and O–H groups in total. The molecule has 9 rings (SSSR count). The molecule has 3 atom stereocenters. The summed E-state index contributed by atoms with van der Waals surface area (Å²) < 4.78 is 13.1. The van der Waals surface area contributed by atoms with Crippen LogP contribution in [0, 0.1) is 11.8 Å². The highest BCUT2D eigenvalue weighted by molar-refractivity contribution is 6.02. The van der Waals surface area contributed by atoms with Crippen molar-refractivity contribution in [2.24, 2.45) is 0 Å². The molecule has 2 saturated heterocycles. The van der Waals surface area contributed by atoms with E-state index in [2.05, 4.69) is 87.8 Å². The van der Waals surface area contributed by atoms with Crippen LogP contribution < -0.4 is 41.1 Å². The van der Waals surface area contributed by atoms with Gasteiger partial charge >= 0.3 is 0 Å². The van der Waals surface area contributed by atoms with Gasteiger partial charge in [0.05, 0.1) is 24.5 Å². The highest BCUT2D eigenvalue weighted by Crippen LogP contribution is 2.30. The summed E-state index contributed by atoms with van der Waals surface area (Å²) in [6.07, 6.45) is 6.87. The van der Waals surface area contributed by atoms with Crippen molar-refractivity contribution in [2.75, 3.05) is 69.4 Å². The molecule has 0 saturated carbocycles. The Bertz CT molecular complexity index is 2910. The van der Waals surface area contributed by atoms with Gasteiger partial charge in [0.15, 0.2) is 0 Å². The lowest BCUT2D eigenvalue weighted by atomic mass is 10.1. The lowest BCUT2D eigenvalue weighted by molar-refractivity contribution is -0.122. The first-order valence-electron chi connectivity index (χ1n) is 23.4. The van der Waals surface area contributed by atoms with Gasteiger partial charge in [-0.05, 0) is 78.9 Å². The minimum absolute atomic E-state index is 0.0331. The van der Waals surface area contributed by atoms with Crippen LogP contribution in [0.4, 0.5) is 11.4 Å². The van der Waals surface area contributed by atoms with Crippen LogP contribution in [0.3, 0.4) is 0 Å². The number of piperazine rings is 1. The summed E-state index contributed by atoms with van der Waals surface area (Å²) in [5, 5.41) is 22.4. The van der Waals surface area contributed by atoms with E-state index in [1.54, 1.807) is 54.2 Å². The number of para-hydroxylation sites is 2. The summed E-state index contributed by atoms with van der Waals surface area (Å²) in [5.74, 6) is 4.49. The van der Waals surface area contributed by atoms with Crippen LogP contribution in [-0.2, 0) is 38.5 Å². The number of fused-ring (bicyclic) bond motifs is 4. The molecule has 19 nitrogen and oxygen atoms in total. The molecule has 0 aliphatic carbocycles. The first-order chi connectivity index (χ1) is 34.1. The minimum Gasteiger partial charge on any atom is -0.489 e. The van der Waals surface area contributed by atoms with E-state index in [1.807, 2.05) is 24.3 Å². The number of nitrogens with zero attached hydrogens (tertiary/aromatic N) is 6. The lowest BCUT2D eigenvalue weighted by Gasteiger charge is -2.34. The maximum absolute atomic E-state index is 13.0. The number of aromatic nitrogens is 5. The number of carbonyl (C=O) groups is 5. The minimum atomic E-state index is -0.922. The Morgan fingerprint density at radius 3 is 2.43 bits per heavy atom. The largest absolute Gasteiger partial charge is 0.489 e. The summed E-state index contributed by atoms with van der Waals surface area (Å²) in [5.41, 5.74) is 5.58. The predicted octanol–water partition coefficient (Wildman–Crippen LogP) is 2.11.